The molecule has 0 heterocycles. The van der Waals surface area contributed by atoms with Gasteiger partial charge in [-0.05, 0) is 61.4 Å². The van der Waals surface area contributed by atoms with Gasteiger partial charge in [-0.15, -0.1) is 0 Å². The van der Waals surface area contributed by atoms with Crippen LogP contribution in [0, 0.1) is 5.92 Å². The van der Waals surface area contributed by atoms with Gasteiger partial charge in [0, 0.05) is 18.7 Å². The summed E-state index contributed by atoms with van der Waals surface area (Å²) >= 11 is 7.87. The highest BCUT2D eigenvalue weighted by Crippen LogP contribution is 2.17. The first-order valence-corrected chi connectivity index (χ1v) is 8.96. The van der Waals surface area contributed by atoms with Gasteiger partial charge in [-0.3, -0.25) is 0 Å². The van der Waals surface area contributed by atoms with E-state index in [2.05, 4.69) is 23.7 Å². The maximum absolute atomic E-state index is 5.94. The van der Waals surface area contributed by atoms with Crippen molar-refractivity contribution in [2.24, 2.45) is 5.92 Å². The van der Waals surface area contributed by atoms with Gasteiger partial charge in [0.25, 0.3) is 0 Å². The molecule has 4 heteroatoms. The van der Waals surface area contributed by atoms with Crippen LogP contribution in [-0.2, 0) is 11.2 Å². The van der Waals surface area contributed by atoms with E-state index in [1.54, 1.807) is 7.11 Å². The van der Waals surface area contributed by atoms with Crippen LogP contribution in [0.15, 0.2) is 24.3 Å². The number of ether oxygens (including phenoxy) is 1. The van der Waals surface area contributed by atoms with Gasteiger partial charge < -0.3 is 10.1 Å². The van der Waals surface area contributed by atoms with Crippen molar-refractivity contribution in [2.45, 2.75) is 19.3 Å². The zero-order valence-corrected chi connectivity index (χ0v) is 14.1. The topological polar surface area (TPSA) is 21.3 Å². The molecule has 114 valence electrons. The molecule has 0 saturated heterocycles. The standard InChI is InChI=1S/C16H26ClNOS/c1-19-10-9-18-13-15(4-3-11-20-2)12-14-5-7-16(17)8-6-14/h5-8,15,18H,3-4,9-13H2,1-2H3. The Morgan fingerprint density at radius 1 is 1.30 bits per heavy atom. The third-order valence-corrected chi connectivity index (χ3v) is 4.26. The number of hydrogen-bond donors (Lipinski definition) is 1. The smallest absolute Gasteiger partial charge is 0.0587 e. The highest BCUT2D eigenvalue weighted by molar-refractivity contribution is 7.98. The highest BCUT2D eigenvalue weighted by atomic mass is 35.5. The minimum Gasteiger partial charge on any atom is -0.383 e. The lowest BCUT2D eigenvalue weighted by atomic mass is 9.95. The average Bonchev–Trinajstić information content (AvgIpc) is 2.46. The molecule has 0 bridgehead atoms. The van der Waals surface area contributed by atoms with Crippen molar-refractivity contribution < 1.29 is 4.74 Å². The van der Waals surface area contributed by atoms with E-state index in [0.29, 0.717) is 5.92 Å². The lowest BCUT2D eigenvalue weighted by Gasteiger charge is -2.18. The summed E-state index contributed by atoms with van der Waals surface area (Å²) in [4.78, 5) is 0. The number of thioether (sulfide) groups is 1. The molecule has 1 aromatic rings. The molecule has 1 N–H and O–H groups in total. The first-order chi connectivity index (χ1) is 9.76. The van der Waals surface area contributed by atoms with E-state index >= 15 is 0 Å². The Labute approximate surface area is 132 Å². The van der Waals surface area contributed by atoms with E-state index in [4.69, 9.17) is 16.3 Å². The van der Waals surface area contributed by atoms with E-state index in [0.717, 1.165) is 31.1 Å². The summed E-state index contributed by atoms with van der Waals surface area (Å²) in [5.41, 5.74) is 1.37. The van der Waals surface area contributed by atoms with Crippen LogP contribution < -0.4 is 5.32 Å². The van der Waals surface area contributed by atoms with Crippen molar-refractivity contribution >= 4 is 23.4 Å². The average molecular weight is 316 g/mol. The van der Waals surface area contributed by atoms with E-state index in [9.17, 15) is 0 Å². The molecular weight excluding hydrogens is 290 g/mol. The molecule has 0 aliphatic rings. The zero-order valence-electron chi connectivity index (χ0n) is 12.5. The molecule has 0 aliphatic carbocycles. The van der Waals surface area contributed by atoms with E-state index < -0.39 is 0 Å². The molecule has 1 rings (SSSR count). The molecule has 0 aromatic heterocycles. The summed E-state index contributed by atoms with van der Waals surface area (Å²) in [6.45, 7) is 2.76. The van der Waals surface area contributed by atoms with Crippen LogP contribution in [0.25, 0.3) is 0 Å². The maximum Gasteiger partial charge on any atom is 0.0587 e. The van der Waals surface area contributed by atoms with Gasteiger partial charge in [0.15, 0.2) is 0 Å². The molecule has 20 heavy (non-hydrogen) atoms. The third kappa shape index (κ3) is 8.15. The SMILES string of the molecule is COCCNCC(CCCSC)Cc1ccc(Cl)cc1. The van der Waals surface area contributed by atoms with Crippen molar-refractivity contribution in [1.29, 1.82) is 0 Å². The first kappa shape index (κ1) is 17.8. The number of methoxy groups -OCH3 is 1. The molecule has 0 spiro atoms. The predicted molar refractivity (Wildman–Crippen MR) is 91.0 cm³/mol. The lowest BCUT2D eigenvalue weighted by Crippen LogP contribution is -2.27. The summed E-state index contributed by atoms with van der Waals surface area (Å²) in [6, 6.07) is 8.24. The summed E-state index contributed by atoms with van der Waals surface area (Å²) < 4.78 is 5.07. The molecular formula is C16H26ClNOS. The third-order valence-electron chi connectivity index (χ3n) is 3.31. The lowest BCUT2D eigenvalue weighted by molar-refractivity contribution is 0.197. The van der Waals surface area contributed by atoms with Crippen LogP contribution >= 0.6 is 23.4 Å². The Morgan fingerprint density at radius 3 is 2.70 bits per heavy atom. The van der Waals surface area contributed by atoms with Crippen LogP contribution in [0.2, 0.25) is 5.02 Å². The van der Waals surface area contributed by atoms with Crippen LogP contribution in [0.5, 0.6) is 0 Å². The summed E-state index contributed by atoms with van der Waals surface area (Å²) in [5.74, 6) is 1.93. The second kappa shape index (κ2) is 11.4. The molecule has 1 atom stereocenters. The van der Waals surface area contributed by atoms with Gasteiger partial charge in [-0.1, -0.05) is 23.7 Å². The Morgan fingerprint density at radius 2 is 2.05 bits per heavy atom. The molecule has 2 nitrogen and oxygen atoms in total. The molecule has 0 radical (unpaired) electrons. The predicted octanol–water partition coefficient (Wildman–Crippen LogP) is 3.88. The van der Waals surface area contributed by atoms with Gasteiger partial charge in [-0.25, -0.2) is 0 Å². The monoisotopic (exact) mass is 315 g/mol. The number of rotatable bonds is 11. The Bertz CT molecular complexity index is 345. The van der Waals surface area contributed by atoms with Crippen LogP contribution in [-0.4, -0.2) is 38.8 Å². The normalized spacial score (nSPS) is 12.6. The maximum atomic E-state index is 5.94. The van der Waals surface area contributed by atoms with Gasteiger partial charge in [-0.2, -0.15) is 11.8 Å². The number of hydrogen-bond acceptors (Lipinski definition) is 3. The van der Waals surface area contributed by atoms with Crippen molar-refractivity contribution in [3.63, 3.8) is 0 Å². The Balaban J connectivity index is 2.41. The van der Waals surface area contributed by atoms with E-state index in [-0.39, 0.29) is 0 Å². The van der Waals surface area contributed by atoms with Gasteiger partial charge in [0.05, 0.1) is 6.61 Å². The minimum absolute atomic E-state index is 0.681. The fourth-order valence-corrected chi connectivity index (χ4v) is 2.81. The van der Waals surface area contributed by atoms with E-state index in [1.807, 2.05) is 23.9 Å². The van der Waals surface area contributed by atoms with Crippen LogP contribution in [0.4, 0.5) is 0 Å². The molecule has 1 aromatic carbocycles. The van der Waals surface area contributed by atoms with Crippen molar-refractivity contribution in [3.8, 4) is 0 Å². The zero-order chi connectivity index (χ0) is 14.6. The first-order valence-electron chi connectivity index (χ1n) is 7.19. The van der Waals surface area contributed by atoms with Crippen molar-refractivity contribution in [2.75, 3.05) is 38.8 Å². The summed E-state index contributed by atoms with van der Waals surface area (Å²) in [7, 11) is 1.74. The highest BCUT2D eigenvalue weighted by Gasteiger charge is 2.09. The van der Waals surface area contributed by atoms with Gasteiger partial charge >= 0.3 is 0 Å². The molecule has 1 unspecified atom stereocenters. The number of benzene rings is 1. The Hall–Kier alpha value is -0.220. The van der Waals surface area contributed by atoms with Crippen LogP contribution in [0.1, 0.15) is 18.4 Å². The largest absolute Gasteiger partial charge is 0.383 e. The molecule has 0 amide bonds. The summed E-state index contributed by atoms with van der Waals surface area (Å²) in [6.07, 6.45) is 5.84. The quantitative estimate of drug-likeness (QED) is 0.626. The molecule has 0 saturated carbocycles. The minimum atomic E-state index is 0.681. The molecule has 0 aliphatic heterocycles. The van der Waals surface area contributed by atoms with Crippen molar-refractivity contribution in [1.82, 2.24) is 5.32 Å². The number of nitrogens with one attached hydrogen (secondary N) is 1. The fraction of sp³-hybridized carbons (Fsp3) is 0.625. The Kier molecular flexibility index (Phi) is 10.2. The van der Waals surface area contributed by atoms with Crippen LogP contribution in [0.3, 0.4) is 0 Å². The molecule has 0 fully saturated rings. The number of halogens is 1. The van der Waals surface area contributed by atoms with Crippen molar-refractivity contribution in [3.05, 3.63) is 34.9 Å². The summed E-state index contributed by atoms with van der Waals surface area (Å²) in [5, 5.41) is 4.30. The van der Waals surface area contributed by atoms with Gasteiger partial charge in [0.2, 0.25) is 0 Å². The fourth-order valence-electron chi connectivity index (χ4n) is 2.23. The van der Waals surface area contributed by atoms with E-state index in [1.165, 1.54) is 24.2 Å². The second-order valence-electron chi connectivity index (χ2n) is 5.03. The van der Waals surface area contributed by atoms with Gasteiger partial charge in [0.1, 0.15) is 0 Å². The second-order valence-corrected chi connectivity index (χ2v) is 6.45.